The molecule has 0 atom stereocenters. The van der Waals surface area contributed by atoms with E-state index in [1.54, 1.807) is 0 Å². The molecule has 0 spiro atoms. The molecule has 2 aromatic rings. The average molecular weight is 199 g/mol. The number of hydrogen-bond acceptors (Lipinski definition) is 2. The molecule has 0 fully saturated rings. The van der Waals surface area contributed by atoms with Gasteiger partial charge in [0.05, 0.1) is 0 Å². The first-order chi connectivity index (χ1) is 6.86. The van der Waals surface area contributed by atoms with Gasteiger partial charge in [0, 0.05) is 32.9 Å². The number of aryl methyl sites for hydroxylation is 1. The van der Waals surface area contributed by atoms with Crippen LogP contribution in [-0.4, -0.2) is 6.21 Å². The smallest absolute Gasteiger partial charge is 0.0358 e. The number of thiophene rings is 1. The molecular formula is C12H9NS. The largest absolute Gasteiger partial charge is 0.264 e. The van der Waals surface area contributed by atoms with Gasteiger partial charge in [0.25, 0.3) is 0 Å². The average Bonchev–Trinajstić information content (AvgIpc) is 2.39. The van der Waals surface area contributed by atoms with Gasteiger partial charge < -0.3 is 0 Å². The van der Waals surface area contributed by atoms with Crippen LogP contribution in [0.2, 0.25) is 0 Å². The first-order valence-corrected chi connectivity index (χ1v) is 5.40. The summed E-state index contributed by atoms with van der Waals surface area (Å²) in [6, 6.07) is 6.42. The second-order valence-corrected chi connectivity index (χ2v) is 4.64. The van der Waals surface area contributed by atoms with Crippen LogP contribution < -0.4 is 0 Å². The lowest BCUT2D eigenvalue weighted by molar-refractivity contribution is 1.59. The molecule has 0 saturated carbocycles. The van der Waals surface area contributed by atoms with E-state index in [0.29, 0.717) is 0 Å². The fourth-order valence-corrected chi connectivity index (χ4v) is 2.92. The molecule has 0 bridgehead atoms. The number of hydrogen-bond donors (Lipinski definition) is 0. The molecule has 3 rings (SSSR count). The van der Waals surface area contributed by atoms with Gasteiger partial charge in [-0.1, -0.05) is 12.1 Å². The van der Waals surface area contributed by atoms with Gasteiger partial charge in [-0.2, -0.15) is 0 Å². The summed E-state index contributed by atoms with van der Waals surface area (Å²) in [5.74, 6) is 0. The molecule has 0 N–H and O–H groups in total. The van der Waals surface area contributed by atoms with Gasteiger partial charge in [0.1, 0.15) is 0 Å². The van der Waals surface area contributed by atoms with Crippen LogP contribution in [-0.2, 0) is 0 Å². The minimum absolute atomic E-state index is 1.28. The Morgan fingerprint density at radius 1 is 1.29 bits per heavy atom. The SMILES string of the molecule is Cc1sc2cccc3c2c1C=NC=C3. The summed E-state index contributed by atoms with van der Waals surface area (Å²) < 4.78 is 1.35. The van der Waals surface area contributed by atoms with Crippen LogP contribution in [0.3, 0.4) is 0 Å². The molecule has 2 heteroatoms. The molecule has 0 radical (unpaired) electrons. The van der Waals surface area contributed by atoms with Crippen molar-refractivity contribution in [2.45, 2.75) is 6.92 Å². The molecule has 14 heavy (non-hydrogen) atoms. The molecule has 0 amide bonds. The third-order valence-corrected chi connectivity index (χ3v) is 3.60. The van der Waals surface area contributed by atoms with Crippen LogP contribution >= 0.6 is 11.3 Å². The van der Waals surface area contributed by atoms with E-state index in [4.69, 9.17) is 0 Å². The Morgan fingerprint density at radius 3 is 3.14 bits per heavy atom. The predicted octanol–water partition coefficient (Wildman–Crippen LogP) is 3.61. The van der Waals surface area contributed by atoms with E-state index < -0.39 is 0 Å². The first kappa shape index (κ1) is 7.94. The maximum atomic E-state index is 4.24. The van der Waals surface area contributed by atoms with Crippen LogP contribution in [0.5, 0.6) is 0 Å². The molecule has 0 unspecified atom stereocenters. The highest BCUT2D eigenvalue weighted by Crippen LogP contribution is 2.33. The Hall–Kier alpha value is -1.41. The van der Waals surface area contributed by atoms with Crippen molar-refractivity contribution in [3.05, 3.63) is 40.4 Å². The molecular weight excluding hydrogens is 190 g/mol. The summed E-state index contributed by atoms with van der Waals surface area (Å²) >= 11 is 1.84. The van der Waals surface area contributed by atoms with E-state index in [1.807, 2.05) is 23.8 Å². The highest BCUT2D eigenvalue weighted by Gasteiger charge is 2.10. The van der Waals surface area contributed by atoms with Gasteiger partial charge >= 0.3 is 0 Å². The van der Waals surface area contributed by atoms with Crippen molar-refractivity contribution in [1.29, 1.82) is 0 Å². The van der Waals surface area contributed by atoms with Crippen molar-refractivity contribution in [2.75, 3.05) is 0 Å². The Balaban J connectivity index is 2.57. The molecule has 0 saturated heterocycles. The molecule has 0 aliphatic carbocycles. The predicted molar refractivity (Wildman–Crippen MR) is 63.2 cm³/mol. The van der Waals surface area contributed by atoms with Crippen molar-refractivity contribution in [3.8, 4) is 0 Å². The summed E-state index contributed by atoms with van der Waals surface area (Å²) in [6.07, 6.45) is 5.89. The van der Waals surface area contributed by atoms with Crippen LogP contribution in [0.25, 0.3) is 16.2 Å². The molecule has 68 valence electrons. The summed E-state index contributed by atoms with van der Waals surface area (Å²) in [5, 5.41) is 1.35. The Kier molecular flexibility index (Phi) is 1.58. The lowest BCUT2D eigenvalue weighted by Gasteiger charge is -1.96. The summed E-state index contributed by atoms with van der Waals surface area (Å²) in [5.41, 5.74) is 2.56. The fourth-order valence-electron chi connectivity index (χ4n) is 1.85. The highest BCUT2D eigenvalue weighted by molar-refractivity contribution is 7.19. The second kappa shape index (κ2) is 2.79. The maximum Gasteiger partial charge on any atom is 0.0358 e. The summed E-state index contributed by atoms with van der Waals surface area (Å²) in [4.78, 5) is 5.59. The Morgan fingerprint density at radius 2 is 2.21 bits per heavy atom. The van der Waals surface area contributed by atoms with Crippen LogP contribution in [0.1, 0.15) is 16.0 Å². The quantitative estimate of drug-likeness (QED) is 0.614. The minimum Gasteiger partial charge on any atom is -0.264 e. The normalized spacial score (nSPS) is 13.5. The molecule has 1 aliphatic rings. The van der Waals surface area contributed by atoms with Crippen molar-refractivity contribution in [1.82, 2.24) is 0 Å². The number of nitrogens with zero attached hydrogens (tertiary/aromatic N) is 1. The van der Waals surface area contributed by atoms with Crippen molar-refractivity contribution in [2.24, 2.45) is 4.99 Å². The van der Waals surface area contributed by atoms with Crippen LogP contribution in [0, 0.1) is 6.92 Å². The lowest BCUT2D eigenvalue weighted by Crippen LogP contribution is -1.81. The number of benzene rings is 1. The third kappa shape index (κ3) is 0.976. The van der Waals surface area contributed by atoms with Crippen LogP contribution in [0.4, 0.5) is 0 Å². The third-order valence-electron chi connectivity index (χ3n) is 2.51. The molecule has 1 nitrogen and oxygen atoms in total. The van der Waals surface area contributed by atoms with E-state index in [0.717, 1.165) is 0 Å². The van der Waals surface area contributed by atoms with Gasteiger partial charge in [-0.15, -0.1) is 11.3 Å². The number of aliphatic imine (C=N–C) groups is 1. The number of rotatable bonds is 0. The standard InChI is InChI=1S/C12H9NS/c1-8-10-7-13-6-5-9-3-2-4-11(14-8)12(9)10/h2-7H,1H3. The van der Waals surface area contributed by atoms with E-state index in [-0.39, 0.29) is 0 Å². The molecule has 1 aliphatic heterocycles. The zero-order valence-electron chi connectivity index (χ0n) is 7.82. The van der Waals surface area contributed by atoms with Gasteiger partial charge in [0.2, 0.25) is 0 Å². The molecule has 2 heterocycles. The molecule has 1 aromatic carbocycles. The van der Waals surface area contributed by atoms with E-state index >= 15 is 0 Å². The fraction of sp³-hybridized carbons (Fsp3) is 0.0833. The van der Waals surface area contributed by atoms with Crippen molar-refractivity contribution in [3.63, 3.8) is 0 Å². The second-order valence-electron chi connectivity index (χ2n) is 3.39. The maximum absolute atomic E-state index is 4.24. The first-order valence-electron chi connectivity index (χ1n) is 4.58. The van der Waals surface area contributed by atoms with Gasteiger partial charge in [0.15, 0.2) is 0 Å². The van der Waals surface area contributed by atoms with Gasteiger partial charge in [-0.05, 0) is 24.6 Å². The van der Waals surface area contributed by atoms with Crippen molar-refractivity contribution < 1.29 is 0 Å². The van der Waals surface area contributed by atoms with Crippen molar-refractivity contribution >= 4 is 33.7 Å². The van der Waals surface area contributed by atoms with E-state index in [1.165, 1.54) is 26.1 Å². The molecule has 1 aromatic heterocycles. The monoisotopic (exact) mass is 199 g/mol. The minimum atomic E-state index is 1.28. The summed E-state index contributed by atoms with van der Waals surface area (Å²) in [7, 11) is 0. The highest BCUT2D eigenvalue weighted by atomic mass is 32.1. The van der Waals surface area contributed by atoms with Crippen LogP contribution in [0.15, 0.2) is 29.4 Å². The zero-order chi connectivity index (χ0) is 9.54. The van der Waals surface area contributed by atoms with Gasteiger partial charge in [-0.25, -0.2) is 0 Å². The van der Waals surface area contributed by atoms with E-state index in [9.17, 15) is 0 Å². The topological polar surface area (TPSA) is 12.4 Å². The van der Waals surface area contributed by atoms with Gasteiger partial charge in [-0.3, -0.25) is 4.99 Å². The Bertz CT molecular complexity index is 561. The Labute approximate surface area is 86.4 Å². The summed E-state index contributed by atoms with van der Waals surface area (Å²) in [6.45, 7) is 2.15. The lowest BCUT2D eigenvalue weighted by atomic mass is 10.1. The van der Waals surface area contributed by atoms with E-state index in [2.05, 4.69) is 36.2 Å². The zero-order valence-corrected chi connectivity index (χ0v) is 8.64.